The first-order valence-electron chi connectivity index (χ1n) is 10.2. The van der Waals surface area contributed by atoms with E-state index in [1.165, 1.54) is 16.7 Å². The van der Waals surface area contributed by atoms with Gasteiger partial charge in [0.2, 0.25) is 5.91 Å². The molecule has 5 N–H and O–H groups in total. The summed E-state index contributed by atoms with van der Waals surface area (Å²) in [6, 6.07) is -0.394. The molecule has 0 spiro atoms. The van der Waals surface area contributed by atoms with E-state index >= 15 is 0 Å². The molecule has 10 nitrogen and oxygen atoms in total. The van der Waals surface area contributed by atoms with Crippen LogP contribution in [0.5, 0.6) is 0 Å². The summed E-state index contributed by atoms with van der Waals surface area (Å²) in [6.07, 6.45) is 1.74. The van der Waals surface area contributed by atoms with Crippen LogP contribution in [0.15, 0.2) is 10.6 Å². The molecular weight excluding hydrogens is 464 g/mol. The van der Waals surface area contributed by atoms with Gasteiger partial charge < -0.3 is 20.4 Å². The van der Waals surface area contributed by atoms with Gasteiger partial charge in [-0.15, -0.1) is 11.8 Å². The maximum atomic E-state index is 12.4. The monoisotopic (exact) mass is 494 g/mol. The molecule has 2 fully saturated rings. The molecule has 0 aliphatic carbocycles. The van der Waals surface area contributed by atoms with E-state index in [1.54, 1.807) is 18.7 Å². The summed E-state index contributed by atoms with van der Waals surface area (Å²) < 4.78 is 29.0. The maximum Gasteiger partial charge on any atom is 0.353 e. The predicted octanol–water partition coefficient (Wildman–Crippen LogP) is -0.609. The second-order valence-corrected chi connectivity index (χ2v) is 12.0. The summed E-state index contributed by atoms with van der Waals surface area (Å²) in [7, 11) is -3.55. The number of aliphatic carboxylic acids is 1. The number of amides is 1. The van der Waals surface area contributed by atoms with Gasteiger partial charge in [-0.05, 0) is 19.6 Å². The summed E-state index contributed by atoms with van der Waals surface area (Å²) in [4.78, 5) is 26.3. The van der Waals surface area contributed by atoms with Crippen LogP contribution < -0.4 is 14.8 Å². The highest BCUT2D eigenvalue weighted by atomic mass is 32.2. The first-order chi connectivity index (χ1) is 14.6. The molecule has 3 heterocycles. The number of fused-ring (bicyclic) bond motifs is 1. The van der Waals surface area contributed by atoms with Crippen LogP contribution in [0.1, 0.15) is 20.3 Å². The van der Waals surface area contributed by atoms with Gasteiger partial charge in [0, 0.05) is 47.5 Å². The van der Waals surface area contributed by atoms with Gasteiger partial charge in [-0.3, -0.25) is 4.79 Å². The van der Waals surface area contributed by atoms with E-state index in [0.717, 1.165) is 0 Å². The molecular formula is C18H30N4O6S3. The average molecular weight is 495 g/mol. The van der Waals surface area contributed by atoms with Gasteiger partial charge in [0.05, 0.1) is 18.1 Å². The summed E-state index contributed by atoms with van der Waals surface area (Å²) in [5.41, 5.74) is 0.0200. The Morgan fingerprint density at radius 2 is 2.10 bits per heavy atom. The highest BCUT2D eigenvalue weighted by molar-refractivity contribution is 8.03. The summed E-state index contributed by atoms with van der Waals surface area (Å²) >= 11 is 3.00. The standard InChI is InChI=1S/C18H30N4O6S3/c1-9-14-13(10(2)23)17(24)22(14)15(18(25)26)16(9)30-12-6-11(19-8-12)7-21-31(27,28)20-4-5-29-3/h9-14,19-21,23H,4-8H2,1-3H3,(H,25,26). The van der Waals surface area contributed by atoms with Crippen LogP contribution in [0.25, 0.3) is 0 Å². The number of aliphatic hydroxyl groups is 1. The van der Waals surface area contributed by atoms with Crippen molar-refractivity contribution in [3.8, 4) is 0 Å². The summed E-state index contributed by atoms with van der Waals surface area (Å²) in [5.74, 6) is -1.54. The number of β-lactam (4-membered cyclic amide) rings is 1. The number of carbonyl (C=O) groups excluding carboxylic acids is 1. The van der Waals surface area contributed by atoms with Crippen molar-refractivity contribution in [1.82, 2.24) is 19.7 Å². The third kappa shape index (κ3) is 5.23. The van der Waals surface area contributed by atoms with Gasteiger partial charge in [-0.2, -0.15) is 20.2 Å². The van der Waals surface area contributed by atoms with Crippen molar-refractivity contribution in [1.29, 1.82) is 0 Å². The van der Waals surface area contributed by atoms with Crippen LogP contribution in [-0.2, 0) is 19.8 Å². The van der Waals surface area contributed by atoms with Crippen LogP contribution >= 0.6 is 23.5 Å². The minimum atomic E-state index is -3.55. The Balaban J connectivity index is 1.59. The molecule has 3 rings (SSSR count). The lowest BCUT2D eigenvalue weighted by atomic mass is 9.79. The van der Waals surface area contributed by atoms with Crippen molar-refractivity contribution >= 4 is 45.6 Å². The molecule has 0 aromatic carbocycles. The van der Waals surface area contributed by atoms with Crippen LogP contribution in [0.2, 0.25) is 0 Å². The van der Waals surface area contributed by atoms with Crippen LogP contribution in [-0.4, -0.2) is 90.5 Å². The Bertz CT molecular complexity index is 849. The molecule has 3 aliphatic rings. The van der Waals surface area contributed by atoms with Crippen molar-refractivity contribution in [2.75, 3.05) is 31.6 Å². The number of hydrogen-bond acceptors (Lipinski definition) is 8. The summed E-state index contributed by atoms with van der Waals surface area (Å²) in [5, 5.41) is 23.0. The number of thioether (sulfide) groups is 2. The van der Waals surface area contributed by atoms with E-state index in [2.05, 4.69) is 14.8 Å². The second-order valence-electron chi connectivity index (χ2n) is 8.09. The quantitative estimate of drug-likeness (QED) is 0.187. The zero-order chi connectivity index (χ0) is 22.9. The third-order valence-electron chi connectivity index (χ3n) is 5.90. The zero-order valence-electron chi connectivity index (χ0n) is 17.7. The lowest BCUT2D eigenvalue weighted by Crippen LogP contribution is -2.63. The Morgan fingerprint density at radius 3 is 2.71 bits per heavy atom. The van der Waals surface area contributed by atoms with Crippen molar-refractivity contribution in [2.24, 2.45) is 11.8 Å². The first kappa shape index (κ1) is 24.8. The van der Waals surface area contributed by atoms with Crippen molar-refractivity contribution in [3.05, 3.63) is 10.6 Å². The Morgan fingerprint density at radius 1 is 1.39 bits per heavy atom. The fourth-order valence-electron chi connectivity index (χ4n) is 4.43. The first-order valence-corrected chi connectivity index (χ1v) is 13.9. The number of rotatable bonds is 11. The highest BCUT2D eigenvalue weighted by Gasteiger charge is 2.60. The van der Waals surface area contributed by atoms with E-state index < -0.39 is 28.2 Å². The van der Waals surface area contributed by atoms with Crippen molar-refractivity contribution in [3.63, 3.8) is 0 Å². The molecule has 3 aliphatic heterocycles. The number of aliphatic hydroxyl groups excluding tert-OH is 1. The van der Waals surface area contributed by atoms with Gasteiger partial charge in [-0.25, -0.2) is 14.2 Å². The zero-order valence-corrected chi connectivity index (χ0v) is 20.1. The van der Waals surface area contributed by atoms with Gasteiger partial charge in [0.1, 0.15) is 5.70 Å². The Labute approximate surface area is 191 Å². The van der Waals surface area contributed by atoms with E-state index in [9.17, 15) is 28.2 Å². The second kappa shape index (κ2) is 9.98. The SMILES string of the molecule is CSCCNS(=O)(=O)NCC1CC(SC2=C(C(=O)O)N3C(=O)C(C(C)O)C3C2C)CN1. The number of nitrogens with one attached hydrogen (secondary N) is 3. The third-order valence-corrected chi connectivity index (χ3v) is 9.16. The van der Waals surface area contributed by atoms with E-state index in [-0.39, 0.29) is 41.4 Å². The molecule has 13 heteroatoms. The molecule has 176 valence electrons. The molecule has 0 saturated carbocycles. The van der Waals surface area contributed by atoms with E-state index in [0.29, 0.717) is 30.2 Å². The Hall–Kier alpha value is -0.830. The number of carboxylic acids is 1. The van der Waals surface area contributed by atoms with Crippen LogP contribution in [0, 0.1) is 11.8 Å². The molecule has 31 heavy (non-hydrogen) atoms. The smallest absolute Gasteiger partial charge is 0.353 e. The molecule has 0 radical (unpaired) electrons. The van der Waals surface area contributed by atoms with E-state index in [4.69, 9.17) is 0 Å². The lowest BCUT2D eigenvalue weighted by Gasteiger charge is -2.46. The molecule has 6 unspecified atom stereocenters. The van der Waals surface area contributed by atoms with Gasteiger partial charge in [-0.1, -0.05) is 6.92 Å². The van der Waals surface area contributed by atoms with E-state index in [1.807, 2.05) is 13.2 Å². The van der Waals surface area contributed by atoms with Crippen molar-refractivity contribution in [2.45, 2.75) is 43.7 Å². The van der Waals surface area contributed by atoms with Crippen molar-refractivity contribution < 1.29 is 28.2 Å². The minimum Gasteiger partial charge on any atom is -0.477 e. The molecule has 6 atom stereocenters. The van der Waals surface area contributed by atoms with Crippen LogP contribution in [0.3, 0.4) is 0 Å². The molecule has 0 aromatic rings. The topological polar surface area (TPSA) is 148 Å². The number of carboxylic acid groups (broad SMARTS) is 1. The fraction of sp³-hybridized carbons (Fsp3) is 0.778. The van der Waals surface area contributed by atoms with Gasteiger partial charge in [0.15, 0.2) is 0 Å². The normalized spacial score (nSPS) is 31.7. The largest absolute Gasteiger partial charge is 0.477 e. The highest BCUT2D eigenvalue weighted by Crippen LogP contribution is 2.51. The molecule has 2 saturated heterocycles. The molecule has 0 aromatic heterocycles. The fourth-order valence-corrected chi connectivity index (χ4v) is 7.27. The molecule has 0 bridgehead atoms. The van der Waals surface area contributed by atoms with Gasteiger partial charge in [0.25, 0.3) is 10.2 Å². The molecule has 1 amide bonds. The Kier molecular flexibility index (Phi) is 7.98. The minimum absolute atomic E-state index is 0.0200. The van der Waals surface area contributed by atoms with Crippen LogP contribution in [0.4, 0.5) is 0 Å². The van der Waals surface area contributed by atoms with Gasteiger partial charge >= 0.3 is 5.97 Å². The number of nitrogens with zero attached hydrogens (tertiary/aromatic N) is 1. The number of carbonyl (C=O) groups is 2. The summed E-state index contributed by atoms with van der Waals surface area (Å²) in [6.45, 7) is 4.66. The average Bonchev–Trinajstić information content (AvgIpc) is 3.22. The number of hydrogen-bond donors (Lipinski definition) is 5. The predicted molar refractivity (Wildman–Crippen MR) is 121 cm³/mol. The lowest BCUT2D eigenvalue weighted by molar-refractivity contribution is -0.163. The maximum absolute atomic E-state index is 12.4.